The first-order valence-corrected chi connectivity index (χ1v) is 2.96. The summed E-state index contributed by atoms with van der Waals surface area (Å²) in [6.45, 7) is 3.47. The molecule has 1 rings (SSSR count). The molecule has 1 atom stereocenters. The lowest BCUT2D eigenvalue weighted by atomic mass is 10.3. The topological polar surface area (TPSA) is 12.0 Å². The molecule has 1 aliphatic rings. The fraction of sp³-hybridized carbons (Fsp3) is 0.714. The summed E-state index contributed by atoms with van der Waals surface area (Å²) in [5, 5.41) is 3.32. The van der Waals surface area contributed by atoms with Crippen LogP contribution >= 0.6 is 0 Å². The van der Waals surface area contributed by atoms with Crippen LogP contribution in [-0.4, -0.2) is 12.6 Å². The van der Waals surface area contributed by atoms with E-state index >= 15 is 0 Å². The first kappa shape index (κ1) is 7.52. The van der Waals surface area contributed by atoms with Crippen molar-refractivity contribution in [2.24, 2.45) is 0 Å². The van der Waals surface area contributed by atoms with Gasteiger partial charge in [-0.1, -0.05) is 0 Å². The number of rotatable bonds is 0. The van der Waals surface area contributed by atoms with Gasteiger partial charge in [0.05, 0.1) is 0 Å². The summed E-state index contributed by atoms with van der Waals surface area (Å²) in [5.41, 5.74) is 0. The highest BCUT2D eigenvalue weighted by Crippen LogP contribution is 2.01. The Balaban J connectivity index is 0.000000222. The number of terminal acetylenes is 1. The molecule has 1 fully saturated rings. The van der Waals surface area contributed by atoms with Crippen molar-refractivity contribution >= 4 is 0 Å². The zero-order valence-corrected chi connectivity index (χ0v) is 5.35. The van der Waals surface area contributed by atoms with E-state index in [1.54, 1.807) is 0 Å². The molecule has 1 nitrogen and oxygen atoms in total. The third-order valence-corrected chi connectivity index (χ3v) is 1.31. The van der Waals surface area contributed by atoms with Gasteiger partial charge in [0.15, 0.2) is 0 Å². The van der Waals surface area contributed by atoms with Crippen LogP contribution in [-0.2, 0) is 0 Å². The highest BCUT2D eigenvalue weighted by atomic mass is 14.9. The lowest BCUT2D eigenvalue weighted by Crippen LogP contribution is -2.16. The lowest BCUT2D eigenvalue weighted by molar-refractivity contribution is 0.664. The smallest absolute Gasteiger partial charge is 0.00391 e. The molecule has 0 spiro atoms. The molecule has 1 N–H and O–H groups in total. The summed E-state index contributed by atoms with van der Waals surface area (Å²) in [7, 11) is 0. The fourth-order valence-corrected chi connectivity index (χ4v) is 0.859. The Morgan fingerprint density at radius 1 is 1.50 bits per heavy atom. The Kier molecular flexibility index (Phi) is 4.39. The SMILES string of the molecule is C#C.C[C@@H]1CCCN1. The molecular formula is C7H13N. The Hall–Kier alpha value is -0.480. The van der Waals surface area contributed by atoms with Crippen molar-refractivity contribution in [1.82, 2.24) is 5.32 Å². The van der Waals surface area contributed by atoms with E-state index in [0.717, 1.165) is 6.04 Å². The van der Waals surface area contributed by atoms with Gasteiger partial charge >= 0.3 is 0 Å². The van der Waals surface area contributed by atoms with E-state index in [4.69, 9.17) is 0 Å². The van der Waals surface area contributed by atoms with E-state index in [2.05, 4.69) is 25.1 Å². The third kappa shape index (κ3) is 2.65. The maximum Gasteiger partial charge on any atom is 0.00391 e. The minimum atomic E-state index is 0.796. The molecule has 0 unspecified atom stereocenters. The van der Waals surface area contributed by atoms with Crippen LogP contribution < -0.4 is 5.32 Å². The minimum Gasteiger partial charge on any atom is -0.314 e. The molecule has 0 amide bonds. The van der Waals surface area contributed by atoms with Crippen LogP contribution in [0.4, 0.5) is 0 Å². The molecule has 0 aromatic heterocycles. The van der Waals surface area contributed by atoms with Crippen molar-refractivity contribution in [3.05, 3.63) is 0 Å². The normalized spacial score (nSPS) is 26.1. The van der Waals surface area contributed by atoms with E-state index in [0.29, 0.717) is 0 Å². The van der Waals surface area contributed by atoms with Gasteiger partial charge in [0, 0.05) is 6.04 Å². The second kappa shape index (κ2) is 4.67. The minimum absolute atomic E-state index is 0.796. The lowest BCUT2D eigenvalue weighted by Gasteiger charge is -1.95. The van der Waals surface area contributed by atoms with E-state index in [1.807, 2.05) is 0 Å². The van der Waals surface area contributed by atoms with Crippen molar-refractivity contribution in [1.29, 1.82) is 0 Å². The van der Waals surface area contributed by atoms with Gasteiger partial charge in [-0.25, -0.2) is 0 Å². The predicted octanol–water partition coefficient (Wildman–Crippen LogP) is 1.01. The molecule has 0 bridgehead atoms. The Morgan fingerprint density at radius 2 is 2.12 bits per heavy atom. The van der Waals surface area contributed by atoms with Gasteiger partial charge in [0.2, 0.25) is 0 Å². The van der Waals surface area contributed by atoms with Gasteiger partial charge in [-0.15, -0.1) is 12.8 Å². The van der Waals surface area contributed by atoms with Gasteiger partial charge < -0.3 is 5.32 Å². The molecule has 8 heavy (non-hydrogen) atoms. The molecule has 1 aliphatic heterocycles. The number of hydrogen-bond donors (Lipinski definition) is 1. The summed E-state index contributed by atoms with van der Waals surface area (Å²) in [4.78, 5) is 0. The summed E-state index contributed by atoms with van der Waals surface area (Å²) < 4.78 is 0. The van der Waals surface area contributed by atoms with Crippen LogP contribution in [0.5, 0.6) is 0 Å². The molecule has 46 valence electrons. The zero-order valence-electron chi connectivity index (χ0n) is 5.35. The van der Waals surface area contributed by atoms with Crippen LogP contribution in [0.1, 0.15) is 19.8 Å². The predicted molar refractivity (Wildman–Crippen MR) is 36.6 cm³/mol. The first-order chi connectivity index (χ1) is 3.89. The van der Waals surface area contributed by atoms with Gasteiger partial charge in [-0.05, 0) is 26.3 Å². The maximum atomic E-state index is 4.00. The highest BCUT2D eigenvalue weighted by Gasteiger charge is 2.05. The van der Waals surface area contributed by atoms with Crippen molar-refractivity contribution in [2.45, 2.75) is 25.8 Å². The molecule has 1 heterocycles. The van der Waals surface area contributed by atoms with Crippen molar-refractivity contribution in [2.75, 3.05) is 6.54 Å². The van der Waals surface area contributed by atoms with Crippen LogP contribution in [0.15, 0.2) is 0 Å². The summed E-state index contributed by atoms with van der Waals surface area (Å²) >= 11 is 0. The van der Waals surface area contributed by atoms with E-state index in [1.165, 1.54) is 19.4 Å². The highest BCUT2D eigenvalue weighted by molar-refractivity contribution is 4.67. The van der Waals surface area contributed by atoms with Crippen LogP contribution in [0.2, 0.25) is 0 Å². The van der Waals surface area contributed by atoms with E-state index in [9.17, 15) is 0 Å². The van der Waals surface area contributed by atoms with E-state index < -0.39 is 0 Å². The van der Waals surface area contributed by atoms with E-state index in [-0.39, 0.29) is 0 Å². The molecule has 0 aliphatic carbocycles. The van der Waals surface area contributed by atoms with Crippen LogP contribution in [0, 0.1) is 12.8 Å². The molecule has 0 aromatic rings. The zero-order chi connectivity index (χ0) is 6.41. The molecule has 1 heteroatoms. The second-order valence-electron chi connectivity index (χ2n) is 2.00. The largest absolute Gasteiger partial charge is 0.314 e. The number of hydrogen-bond acceptors (Lipinski definition) is 1. The summed E-state index contributed by atoms with van der Waals surface area (Å²) in [5.74, 6) is 0. The summed E-state index contributed by atoms with van der Waals surface area (Å²) in [6, 6.07) is 0.796. The maximum absolute atomic E-state index is 4.00. The molecule has 1 saturated heterocycles. The number of nitrogens with one attached hydrogen (secondary N) is 1. The van der Waals surface area contributed by atoms with Gasteiger partial charge in [0.25, 0.3) is 0 Å². The first-order valence-electron chi connectivity index (χ1n) is 2.96. The molecular weight excluding hydrogens is 98.1 g/mol. The fourth-order valence-electron chi connectivity index (χ4n) is 0.859. The van der Waals surface area contributed by atoms with Crippen molar-refractivity contribution < 1.29 is 0 Å². The average molecular weight is 111 g/mol. The summed E-state index contributed by atoms with van der Waals surface area (Å²) in [6.07, 6.45) is 10.8. The van der Waals surface area contributed by atoms with Gasteiger partial charge in [-0.3, -0.25) is 0 Å². The molecule has 0 saturated carbocycles. The average Bonchev–Trinajstić information content (AvgIpc) is 2.24. The second-order valence-corrected chi connectivity index (χ2v) is 2.00. The van der Waals surface area contributed by atoms with Crippen LogP contribution in [0.25, 0.3) is 0 Å². The third-order valence-electron chi connectivity index (χ3n) is 1.31. The van der Waals surface area contributed by atoms with Gasteiger partial charge in [0.1, 0.15) is 0 Å². The Bertz CT molecular complexity index is 60.0. The van der Waals surface area contributed by atoms with Crippen LogP contribution in [0.3, 0.4) is 0 Å². The molecule has 0 radical (unpaired) electrons. The van der Waals surface area contributed by atoms with Gasteiger partial charge in [-0.2, -0.15) is 0 Å². The Labute approximate surface area is 51.5 Å². The molecule has 0 aromatic carbocycles. The van der Waals surface area contributed by atoms with Crippen molar-refractivity contribution in [3.8, 4) is 12.8 Å². The standard InChI is InChI=1S/C5H11N.C2H2/c1-5-3-2-4-6-5;1-2/h5-6H,2-4H2,1H3;1-2H/t5-;/m1./s1. The quantitative estimate of drug-likeness (QED) is 0.460. The Morgan fingerprint density at radius 3 is 2.25 bits per heavy atom. The monoisotopic (exact) mass is 111 g/mol. The van der Waals surface area contributed by atoms with Crippen molar-refractivity contribution in [3.63, 3.8) is 0 Å².